The zero-order valence-corrected chi connectivity index (χ0v) is 17.1. The summed E-state index contributed by atoms with van der Waals surface area (Å²) in [7, 11) is 0. The summed E-state index contributed by atoms with van der Waals surface area (Å²) in [6, 6.07) is 0. The van der Waals surface area contributed by atoms with Crippen molar-refractivity contribution in [2.45, 2.75) is 91.6 Å². The van der Waals surface area contributed by atoms with Gasteiger partial charge < -0.3 is 4.74 Å². The van der Waals surface area contributed by atoms with Gasteiger partial charge in [0.05, 0.1) is 0 Å². The first-order chi connectivity index (χ1) is 12.3. The summed E-state index contributed by atoms with van der Waals surface area (Å²) in [5, 5.41) is 0. The maximum Gasteiger partial charge on any atom is 0.302 e. The Labute approximate surface area is 158 Å². The van der Waals surface area contributed by atoms with Gasteiger partial charge >= 0.3 is 5.97 Å². The second-order valence-electron chi connectivity index (χ2n) is 10.4. The molecule has 0 saturated heterocycles. The molecule has 0 aromatic rings. The highest BCUT2D eigenvalue weighted by Gasteiger charge is 2.60. The van der Waals surface area contributed by atoms with E-state index in [-0.39, 0.29) is 17.5 Å². The molecule has 4 saturated carbocycles. The van der Waals surface area contributed by atoms with Gasteiger partial charge in [0.15, 0.2) is 0 Å². The van der Waals surface area contributed by atoms with E-state index >= 15 is 0 Å². The molecule has 0 heterocycles. The molecule has 4 rings (SSSR count). The summed E-state index contributed by atoms with van der Waals surface area (Å²) < 4.78 is 5.57. The fourth-order valence-electron chi connectivity index (χ4n) is 8.23. The van der Waals surface area contributed by atoms with Crippen molar-refractivity contribution in [2.75, 3.05) is 0 Å². The smallest absolute Gasteiger partial charge is 0.302 e. The molecule has 26 heavy (non-hydrogen) atoms. The van der Waals surface area contributed by atoms with Crippen LogP contribution in [-0.2, 0) is 14.3 Å². The molecule has 3 unspecified atom stereocenters. The normalized spacial score (nSPS) is 50.3. The van der Waals surface area contributed by atoms with Gasteiger partial charge in [-0.3, -0.25) is 9.59 Å². The molecular formula is C23H36O3. The van der Waals surface area contributed by atoms with E-state index in [1.165, 1.54) is 45.4 Å². The minimum atomic E-state index is -0.123. The van der Waals surface area contributed by atoms with Crippen LogP contribution in [-0.4, -0.2) is 17.9 Å². The van der Waals surface area contributed by atoms with E-state index < -0.39 is 0 Å². The van der Waals surface area contributed by atoms with Crippen molar-refractivity contribution >= 4 is 11.8 Å². The summed E-state index contributed by atoms with van der Waals surface area (Å²) in [5.74, 6) is 3.68. The number of Topliss-reactive ketones (excluding diaryl/α,β-unsaturated/α-hetero) is 1. The third-order valence-corrected chi connectivity index (χ3v) is 9.44. The fraction of sp³-hybridized carbons (Fsp3) is 0.913. The van der Waals surface area contributed by atoms with Crippen LogP contribution in [0.25, 0.3) is 0 Å². The van der Waals surface area contributed by atoms with Crippen LogP contribution in [0.3, 0.4) is 0 Å². The van der Waals surface area contributed by atoms with Crippen molar-refractivity contribution in [2.24, 2.45) is 40.4 Å². The minimum Gasteiger partial charge on any atom is -0.463 e. The molecule has 4 fully saturated rings. The molecule has 146 valence electrons. The van der Waals surface area contributed by atoms with Crippen LogP contribution in [0.1, 0.15) is 85.5 Å². The van der Waals surface area contributed by atoms with Gasteiger partial charge in [-0.1, -0.05) is 13.8 Å². The van der Waals surface area contributed by atoms with E-state index in [0.29, 0.717) is 23.0 Å². The lowest BCUT2D eigenvalue weighted by Gasteiger charge is -2.61. The molecule has 4 aliphatic rings. The van der Waals surface area contributed by atoms with Gasteiger partial charge in [-0.2, -0.15) is 0 Å². The molecule has 3 heteroatoms. The molecule has 0 aliphatic heterocycles. The van der Waals surface area contributed by atoms with Crippen molar-refractivity contribution in [3.63, 3.8) is 0 Å². The van der Waals surface area contributed by atoms with Crippen LogP contribution in [0.2, 0.25) is 0 Å². The van der Waals surface area contributed by atoms with Gasteiger partial charge in [0.2, 0.25) is 0 Å². The maximum atomic E-state index is 12.2. The predicted molar refractivity (Wildman–Crippen MR) is 101 cm³/mol. The summed E-state index contributed by atoms with van der Waals surface area (Å²) >= 11 is 0. The predicted octanol–water partition coefficient (Wildman–Crippen LogP) is 5.17. The number of hydrogen-bond acceptors (Lipinski definition) is 3. The van der Waals surface area contributed by atoms with Crippen LogP contribution in [0.4, 0.5) is 0 Å². The Morgan fingerprint density at radius 3 is 2.23 bits per heavy atom. The summed E-state index contributed by atoms with van der Waals surface area (Å²) in [6.07, 6.45) is 11.0. The number of fused-ring (bicyclic) bond motifs is 5. The zero-order chi connectivity index (χ0) is 18.7. The number of hydrogen-bond donors (Lipinski definition) is 0. The molecule has 0 aromatic heterocycles. The van der Waals surface area contributed by atoms with E-state index in [1.54, 1.807) is 0 Å². The van der Waals surface area contributed by atoms with Crippen LogP contribution < -0.4 is 0 Å². The lowest BCUT2D eigenvalue weighted by atomic mass is 9.44. The highest BCUT2D eigenvalue weighted by Crippen LogP contribution is 2.67. The SMILES string of the molecule is CC(=O)O[C@@H]1CC[C@]2(C)C3CC[C@@]4(C)C(CC[C@@H]4C(C)=O)C3CC[C@H]2C1. The Hall–Kier alpha value is -0.860. The average molecular weight is 361 g/mol. The van der Waals surface area contributed by atoms with Gasteiger partial charge in [-0.25, -0.2) is 0 Å². The monoisotopic (exact) mass is 360 g/mol. The van der Waals surface area contributed by atoms with Gasteiger partial charge in [0.1, 0.15) is 11.9 Å². The molecule has 0 spiro atoms. The first-order valence-corrected chi connectivity index (χ1v) is 10.9. The van der Waals surface area contributed by atoms with Crippen LogP contribution in [0.15, 0.2) is 0 Å². The summed E-state index contributed by atoms with van der Waals surface area (Å²) in [4.78, 5) is 23.6. The second kappa shape index (κ2) is 6.34. The van der Waals surface area contributed by atoms with E-state index in [2.05, 4.69) is 13.8 Å². The zero-order valence-electron chi connectivity index (χ0n) is 17.1. The second-order valence-corrected chi connectivity index (χ2v) is 10.4. The standard InChI is InChI=1S/C23H36O3/c1-14(24)19-7-8-20-18-6-5-16-13-17(26-15(2)25)9-11-22(16,3)21(18)10-12-23(19,20)4/h16-21H,5-13H2,1-4H3/t16-,17+,18?,19+,20?,21?,22-,23+/m0/s1. The van der Waals surface area contributed by atoms with Crippen LogP contribution >= 0.6 is 0 Å². The molecule has 0 amide bonds. The quantitative estimate of drug-likeness (QED) is 0.638. The number of rotatable bonds is 2. The number of carbonyl (C=O) groups is 2. The lowest BCUT2D eigenvalue weighted by Crippen LogP contribution is -2.54. The van der Waals surface area contributed by atoms with Crippen molar-refractivity contribution in [3.8, 4) is 0 Å². The van der Waals surface area contributed by atoms with Crippen molar-refractivity contribution in [3.05, 3.63) is 0 Å². The largest absolute Gasteiger partial charge is 0.463 e. The third-order valence-electron chi connectivity index (χ3n) is 9.44. The van der Waals surface area contributed by atoms with E-state index in [0.717, 1.165) is 37.0 Å². The van der Waals surface area contributed by atoms with Gasteiger partial charge in [-0.05, 0) is 99.2 Å². The Bertz CT molecular complexity index is 598. The highest BCUT2D eigenvalue weighted by molar-refractivity contribution is 5.79. The number of esters is 1. The molecule has 3 nitrogen and oxygen atoms in total. The Morgan fingerprint density at radius 1 is 0.846 bits per heavy atom. The van der Waals surface area contributed by atoms with Crippen molar-refractivity contribution < 1.29 is 14.3 Å². The maximum absolute atomic E-state index is 12.2. The van der Waals surface area contributed by atoms with Gasteiger partial charge in [0.25, 0.3) is 0 Å². The first-order valence-electron chi connectivity index (χ1n) is 10.9. The fourth-order valence-corrected chi connectivity index (χ4v) is 8.23. The van der Waals surface area contributed by atoms with E-state index in [4.69, 9.17) is 4.74 Å². The number of carbonyl (C=O) groups excluding carboxylic acids is 2. The Morgan fingerprint density at radius 2 is 1.54 bits per heavy atom. The van der Waals surface area contributed by atoms with Crippen LogP contribution in [0.5, 0.6) is 0 Å². The van der Waals surface area contributed by atoms with E-state index in [1.807, 2.05) is 6.92 Å². The number of ether oxygens (including phenoxy) is 1. The Kier molecular flexibility index (Phi) is 4.51. The van der Waals surface area contributed by atoms with Crippen LogP contribution in [0, 0.1) is 40.4 Å². The molecule has 4 aliphatic carbocycles. The number of ketones is 1. The average Bonchev–Trinajstić information content (AvgIpc) is 2.92. The molecule has 0 N–H and O–H groups in total. The van der Waals surface area contributed by atoms with E-state index in [9.17, 15) is 9.59 Å². The topological polar surface area (TPSA) is 43.4 Å². The van der Waals surface area contributed by atoms with Crippen molar-refractivity contribution in [1.29, 1.82) is 0 Å². The molecule has 0 radical (unpaired) electrons. The third kappa shape index (κ3) is 2.67. The summed E-state index contributed by atoms with van der Waals surface area (Å²) in [5.41, 5.74) is 0.667. The highest BCUT2D eigenvalue weighted by atomic mass is 16.5. The molecule has 0 bridgehead atoms. The lowest BCUT2D eigenvalue weighted by molar-refractivity contribution is -0.161. The minimum absolute atomic E-state index is 0.123. The molecular weight excluding hydrogens is 324 g/mol. The van der Waals surface area contributed by atoms with Gasteiger partial charge in [-0.15, -0.1) is 0 Å². The first kappa shape index (κ1) is 18.5. The van der Waals surface area contributed by atoms with Gasteiger partial charge in [0, 0.05) is 12.8 Å². The molecule has 8 atom stereocenters. The van der Waals surface area contributed by atoms with Crippen molar-refractivity contribution in [1.82, 2.24) is 0 Å². The summed E-state index contributed by atoms with van der Waals surface area (Å²) in [6.45, 7) is 8.33. The Balaban J connectivity index is 1.54. The molecule has 0 aromatic carbocycles.